The first-order valence-corrected chi connectivity index (χ1v) is 9.28. The van der Waals surface area contributed by atoms with E-state index in [9.17, 15) is 23.1 Å². The Bertz CT molecular complexity index is 1070. The van der Waals surface area contributed by atoms with Crippen LogP contribution >= 0.6 is 0 Å². The van der Waals surface area contributed by atoms with Gasteiger partial charge in [-0.15, -0.1) is 0 Å². The summed E-state index contributed by atoms with van der Waals surface area (Å²) in [6.45, 7) is 3.28. The number of pyridine rings is 1. The molecule has 1 unspecified atom stereocenters. The Balaban J connectivity index is 1.58. The highest BCUT2D eigenvalue weighted by Gasteiger charge is 2.30. The van der Waals surface area contributed by atoms with Crippen molar-refractivity contribution < 1.29 is 27.8 Å². The molecule has 0 saturated heterocycles. The number of carbonyl (C=O) groups is 1. The summed E-state index contributed by atoms with van der Waals surface area (Å²) in [6.07, 6.45) is -5.57. The molecule has 1 aromatic heterocycles. The van der Waals surface area contributed by atoms with Crippen LogP contribution < -0.4 is 10.1 Å². The molecule has 2 N–H and O–H groups in total. The molecule has 0 bridgehead atoms. The number of halogens is 3. The predicted molar refractivity (Wildman–Crippen MR) is 106 cm³/mol. The third-order valence-corrected chi connectivity index (χ3v) is 4.51. The lowest BCUT2D eigenvalue weighted by atomic mass is 10.1. The second-order valence-electron chi connectivity index (χ2n) is 7.02. The fourth-order valence-corrected chi connectivity index (χ4v) is 2.94. The second kappa shape index (κ2) is 8.71. The third-order valence-electron chi connectivity index (χ3n) is 4.51. The smallest absolute Gasteiger partial charge is 0.416 e. The number of fused-ring (bicyclic) bond motifs is 1. The standard InChI is InChI=1S/C22H21F3N2O3/c1-13-6-7-20-15(8-13)9-19(14(2)27-20)21(29)26-11-17(28)12-30-18-5-3-4-16(10-18)22(23,24)25/h3-10,17,28H,11-12H2,1-2H3,(H,26,29). The Labute approximate surface area is 171 Å². The molecule has 1 amide bonds. The van der Waals surface area contributed by atoms with E-state index in [4.69, 9.17) is 4.74 Å². The minimum Gasteiger partial charge on any atom is -0.491 e. The Hall–Kier alpha value is -3.13. The van der Waals surface area contributed by atoms with Crippen molar-refractivity contribution >= 4 is 16.8 Å². The lowest BCUT2D eigenvalue weighted by Crippen LogP contribution is -2.35. The molecular weight excluding hydrogens is 397 g/mol. The van der Waals surface area contributed by atoms with Crippen LogP contribution in [-0.4, -0.2) is 35.3 Å². The molecule has 0 aliphatic carbocycles. The van der Waals surface area contributed by atoms with E-state index >= 15 is 0 Å². The molecule has 0 fully saturated rings. The molecular formula is C22H21F3N2O3. The van der Waals surface area contributed by atoms with Gasteiger partial charge in [0.1, 0.15) is 18.5 Å². The Kier molecular flexibility index (Phi) is 6.26. The lowest BCUT2D eigenvalue weighted by Gasteiger charge is -2.15. The van der Waals surface area contributed by atoms with Crippen molar-refractivity contribution in [2.24, 2.45) is 0 Å². The van der Waals surface area contributed by atoms with E-state index in [0.29, 0.717) is 11.3 Å². The summed E-state index contributed by atoms with van der Waals surface area (Å²) in [7, 11) is 0. The van der Waals surface area contributed by atoms with Gasteiger partial charge in [0.05, 0.1) is 22.3 Å². The number of aromatic nitrogens is 1. The molecule has 0 aliphatic rings. The maximum Gasteiger partial charge on any atom is 0.416 e. The number of aryl methyl sites for hydroxylation is 2. The van der Waals surface area contributed by atoms with Gasteiger partial charge < -0.3 is 15.2 Å². The summed E-state index contributed by atoms with van der Waals surface area (Å²) in [4.78, 5) is 16.9. The van der Waals surface area contributed by atoms with Crippen molar-refractivity contribution in [3.8, 4) is 5.75 Å². The molecule has 1 atom stereocenters. The third kappa shape index (κ3) is 5.27. The van der Waals surface area contributed by atoms with Gasteiger partial charge in [0.25, 0.3) is 5.91 Å². The van der Waals surface area contributed by atoms with Crippen LogP contribution in [0, 0.1) is 13.8 Å². The summed E-state index contributed by atoms with van der Waals surface area (Å²) in [5.41, 5.74) is 1.93. The van der Waals surface area contributed by atoms with Crippen LogP contribution in [0.3, 0.4) is 0 Å². The van der Waals surface area contributed by atoms with E-state index in [0.717, 1.165) is 28.6 Å². The highest BCUT2D eigenvalue weighted by molar-refractivity contribution is 5.98. The summed E-state index contributed by atoms with van der Waals surface area (Å²) in [5.74, 6) is -0.415. The molecule has 0 spiro atoms. The highest BCUT2D eigenvalue weighted by Crippen LogP contribution is 2.31. The first-order chi connectivity index (χ1) is 14.1. The molecule has 0 radical (unpaired) electrons. The quantitative estimate of drug-likeness (QED) is 0.634. The summed E-state index contributed by atoms with van der Waals surface area (Å²) in [5, 5.41) is 13.5. The van der Waals surface area contributed by atoms with Gasteiger partial charge in [-0.25, -0.2) is 0 Å². The van der Waals surface area contributed by atoms with Crippen LogP contribution in [0.4, 0.5) is 13.2 Å². The van der Waals surface area contributed by atoms with E-state index in [2.05, 4.69) is 10.3 Å². The zero-order valence-corrected chi connectivity index (χ0v) is 16.5. The first kappa shape index (κ1) is 21.6. The number of nitrogens with one attached hydrogen (secondary N) is 1. The van der Waals surface area contributed by atoms with Gasteiger partial charge in [-0.3, -0.25) is 9.78 Å². The predicted octanol–water partition coefficient (Wildman–Crippen LogP) is 4.04. The minimum absolute atomic E-state index is 0.0138. The van der Waals surface area contributed by atoms with Gasteiger partial charge in [0, 0.05) is 11.9 Å². The average Bonchev–Trinajstić information content (AvgIpc) is 2.70. The summed E-state index contributed by atoms with van der Waals surface area (Å²) < 4.78 is 43.4. The lowest BCUT2D eigenvalue weighted by molar-refractivity contribution is -0.137. The van der Waals surface area contributed by atoms with E-state index in [1.807, 2.05) is 25.1 Å². The zero-order chi connectivity index (χ0) is 21.9. The number of aliphatic hydroxyl groups is 1. The number of alkyl halides is 3. The number of carbonyl (C=O) groups excluding carboxylic acids is 1. The number of rotatable bonds is 6. The SMILES string of the molecule is Cc1ccc2nc(C)c(C(=O)NCC(O)COc3cccc(C(F)(F)F)c3)cc2c1. The Morgan fingerprint density at radius 1 is 1.17 bits per heavy atom. The molecule has 3 rings (SSSR count). The zero-order valence-electron chi connectivity index (χ0n) is 16.5. The molecule has 8 heteroatoms. The number of hydrogen-bond donors (Lipinski definition) is 2. The van der Waals surface area contributed by atoms with E-state index in [-0.39, 0.29) is 18.9 Å². The number of benzene rings is 2. The van der Waals surface area contributed by atoms with Gasteiger partial charge in [-0.05, 0) is 50.2 Å². The van der Waals surface area contributed by atoms with Crippen LogP contribution in [0.1, 0.15) is 27.2 Å². The number of amides is 1. The minimum atomic E-state index is -4.48. The van der Waals surface area contributed by atoms with Crippen LogP contribution in [0.25, 0.3) is 10.9 Å². The molecule has 2 aromatic carbocycles. The summed E-state index contributed by atoms with van der Waals surface area (Å²) in [6, 6.07) is 11.9. The maximum absolute atomic E-state index is 12.7. The van der Waals surface area contributed by atoms with Crippen molar-refractivity contribution in [3.05, 3.63) is 70.9 Å². The van der Waals surface area contributed by atoms with Crippen molar-refractivity contribution in [2.75, 3.05) is 13.2 Å². The molecule has 30 heavy (non-hydrogen) atoms. The van der Waals surface area contributed by atoms with E-state index < -0.39 is 23.8 Å². The second-order valence-corrected chi connectivity index (χ2v) is 7.02. The van der Waals surface area contributed by atoms with Gasteiger partial charge in [-0.1, -0.05) is 17.7 Å². The Morgan fingerprint density at radius 2 is 1.93 bits per heavy atom. The largest absolute Gasteiger partial charge is 0.491 e. The first-order valence-electron chi connectivity index (χ1n) is 9.28. The van der Waals surface area contributed by atoms with Crippen molar-refractivity contribution in [1.82, 2.24) is 10.3 Å². The maximum atomic E-state index is 12.7. The number of hydrogen-bond acceptors (Lipinski definition) is 4. The van der Waals surface area contributed by atoms with Crippen LogP contribution in [0.5, 0.6) is 5.75 Å². The van der Waals surface area contributed by atoms with Crippen LogP contribution in [0.15, 0.2) is 48.5 Å². The molecule has 5 nitrogen and oxygen atoms in total. The van der Waals surface area contributed by atoms with Gasteiger partial charge in [0.2, 0.25) is 0 Å². The van der Waals surface area contributed by atoms with Crippen molar-refractivity contribution in [1.29, 1.82) is 0 Å². The fourth-order valence-electron chi connectivity index (χ4n) is 2.94. The van der Waals surface area contributed by atoms with Gasteiger partial charge >= 0.3 is 6.18 Å². The van der Waals surface area contributed by atoms with Crippen molar-refractivity contribution in [3.63, 3.8) is 0 Å². The average molecular weight is 418 g/mol. The molecule has 3 aromatic rings. The molecule has 1 heterocycles. The fraction of sp³-hybridized carbons (Fsp3) is 0.273. The molecule has 0 saturated carbocycles. The van der Waals surface area contributed by atoms with E-state index in [1.165, 1.54) is 12.1 Å². The van der Waals surface area contributed by atoms with Crippen molar-refractivity contribution in [2.45, 2.75) is 26.1 Å². The normalized spacial score (nSPS) is 12.6. The molecule has 158 valence electrons. The number of ether oxygens (including phenoxy) is 1. The number of nitrogens with zero attached hydrogens (tertiary/aromatic N) is 1. The monoisotopic (exact) mass is 418 g/mol. The molecule has 0 aliphatic heterocycles. The van der Waals surface area contributed by atoms with Gasteiger partial charge in [-0.2, -0.15) is 13.2 Å². The van der Waals surface area contributed by atoms with E-state index in [1.54, 1.807) is 13.0 Å². The van der Waals surface area contributed by atoms with Gasteiger partial charge in [0.15, 0.2) is 0 Å². The topological polar surface area (TPSA) is 71.5 Å². The number of aliphatic hydroxyl groups excluding tert-OH is 1. The summed E-state index contributed by atoms with van der Waals surface area (Å²) >= 11 is 0. The Morgan fingerprint density at radius 3 is 2.67 bits per heavy atom. The van der Waals surface area contributed by atoms with Crippen LogP contribution in [0.2, 0.25) is 0 Å². The van der Waals surface area contributed by atoms with Crippen LogP contribution in [-0.2, 0) is 6.18 Å². The highest BCUT2D eigenvalue weighted by atomic mass is 19.4.